The van der Waals surface area contributed by atoms with E-state index in [0.29, 0.717) is 10.9 Å². The van der Waals surface area contributed by atoms with Crippen LogP contribution in [0.2, 0.25) is 0 Å². The zero-order chi connectivity index (χ0) is 22.1. The van der Waals surface area contributed by atoms with Gasteiger partial charge in [0.05, 0.1) is 6.61 Å². The van der Waals surface area contributed by atoms with Crippen LogP contribution in [-0.4, -0.2) is 42.4 Å². The second-order valence-electron chi connectivity index (χ2n) is 7.20. The SMILES string of the molecule is CCOC(=O)C(NC(=O)OCc1ccccc1)C(O)c1ccc(CC2CC=CCN2)s1. The fraction of sp³-hybridized carbons (Fsp3) is 0.391. The predicted octanol–water partition coefficient (Wildman–Crippen LogP) is 3.10. The Morgan fingerprint density at radius 2 is 2.00 bits per heavy atom. The second kappa shape index (κ2) is 11.6. The average molecular weight is 445 g/mol. The number of aliphatic hydroxyl groups is 1. The number of aliphatic hydroxyl groups excluding tert-OH is 1. The highest BCUT2D eigenvalue weighted by molar-refractivity contribution is 7.12. The Kier molecular flexibility index (Phi) is 8.63. The van der Waals surface area contributed by atoms with Crippen molar-refractivity contribution in [2.24, 2.45) is 0 Å². The number of esters is 1. The maximum Gasteiger partial charge on any atom is 0.408 e. The Bertz CT molecular complexity index is 883. The van der Waals surface area contributed by atoms with Crippen LogP contribution in [0.25, 0.3) is 0 Å². The number of hydrogen-bond donors (Lipinski definition) is 3. The summed E-state index contributed by atoms with van der Waals surface area (Å²) in [6, 6.07) is 12.0. The minimum atomic E-state index is -1.26. The number of hydrogen-bond acceptors (Lipinski definition) is 7. The first-order valence-electron chi connectivity index (χ1n) is 10.4. The van der Waals surface area contributed by atoms with Crippen molar-refractivity contribution < 1.29 is 24.2 Å². The highest BCUT2D eigenvalue weighted by Crippen LogP contribution is 2.28. The van der Waals surface area contributed by atoms with Crippen LogP contribution >= 0.6 is 11.3 Å². The average Bonchev–Trinajstić information content (AvgIpc) is 3.25. The molecule has 0 aliphatic carbocycles. The molecular weight excluding hydrogens is 416 g/mol. The van der Waals surface area contributed by atoms with E-state index in [4.69, 9.17) is 9.47 Å². The number of amides is 1. The number of nitrogens with one attached hydrogen (secondary N) is 2. The maximum absolute atomic E-state index is 12.4. The lowest BCUT2D eigenvalue weighted by Gasteiger charge is -2.21. The van der Waals surface area contributed by atoms with Crippen molar-refractivity contribution >= 4 is 23.4 Å². The van der Waals surface area contributed by atoms with Crippen LogP contribution < -0.4 is 10.6 Å². The number of carbonyl (C=O) groups is 2. The normalized spacial score (nSPS) is 17.5. The molecule has 166 valence electrons. The first-order valence-corrected chi connectivity index (χ1v) is 11.2. The zero-order valence-corrected chi connectivity index (χ0v) is 18.3. The van der Waals surface area contributed by atoms with Gasteiger partial charge in [-0.15, -0.1) is 11.3 Å². The number of rotatable bonds is 9. The summed E-state index contributed by atoms with van der Waals surface area (Å²) in [5, 5.41) is 16.7. The molecule has 1 amide bonds. The lowest BCUT2D eigenvalue weighted by atomic mass is 10.1. The molecule has 3 atom stereocenters. The standard InChI is InChI=1S/C23H28N2O5S/c1-2-29-22(27)20(25-23(28)30-15-16-8-4-3-5-9-16)21(26)19-12-11-18(31-19)14-17-10-6-7-13-24-17/h3-9,11-12,17,20-21,24,26H,2,10,13-15H2,1H3,(H,25,28). The molecule has 0 bridgehead atoms. The molecule has 0 saturated heterocycles. The van der Waals surface area contributed by atoms with Gasteiger partial charge in [-0.3, -0.25) is 0 Å². The van der Waals surface area contributed by atoms with E-state index in [-0.39, 0.29) is 13.2 Å². The third kappa shape index (κ3) is 6.92. The van der Waals surface area contributed by atoms with Crippen molar-refractivity contribution in [2.45, 2.75) is 44.6 Å². The monoisotopic (exact) mass is 444 g/mol. The molecule has 3 N–H and O–H groups in total. The summed E-state index contributed by atoms with van der Waals surface area (Å²) in [5.41, 5.74) is 0.819. The summed E-state index contributed by atoms with van der Waals surface area (Å²) < 4.78 is 10.3. The van der Waals surface area contributed by atoms with Crippen molar-refractivity contribution in [3.05, 3.63) is 69.9 Å². The summed E-state index contributed by atoms with van der Waals surface area (Å²) in [5.74, 6) is -0.708. The molecule has 3 rings (SSSR count). The molecule has 7 nitrogen and oxygen atoms in total. The van der Waals surface area contributed by atoms with E-state index in [1.54, 1.807) is 13.0 Å². The van der Waals surface area contributed by atoms with Crippen LogP contribution in [0.5, 0.6) is 0 Å². The molecule has 0 saturated carbocycles. The Hall–Kier alpha value is -2.68. The van der Waals surface area contributed by atoms with Crippen LogP contribution in [0.3, 0.4) is 0 Å². The molecule has 0 spiro atoms. The molecular formula is C23H28N2O5S. The summed E-state index contributed by atoms with van der Waals surface area (Å²) in [6.07, 6.45) is 4.02. The van der Waals surface area contributed by atoms with Crippen LogP contribution in [-0.2, 0) is 27.3 Å². The van der Waals surface area contributed by atoms with E-state index in [9.17, 15) is 14.7 Å². The number of thiophene rings is 1. The van der Waals surface area contributed by atoms with Gasteiger partial charge in [-0.05, 0) is 37.5 Å². The number of alkyl carbamates (subject to hydrolysis) is 1. The largest absolute Gasteiger partial charge is 0.464 e. The van der Waals surface area contributed by atoms with Gasteiger partial charge in [0.2, 0.25) is 0 Å². The van der Waals surface area contributed by atoms with Gasteiger partial charge in [-0.1, -0.05) is 42.5 Å². The summed E-state index contributed by atoms with van der Waals surface area (Å²) in [7, 11) is 0. The molecule has 2 aromatic rings. The molecule has 31 heavy (non-hydrogen) atoms. The maximum atomic E-state index is 12.4. The molecule has 3 unspecified atom stereocenters. The molecule has 0 fully saturated rings. The van der Waals surface area contributed by atoms with E-state index in [1.165, 1.54) is 11.3 Å². The smallest absolute Gasteiger partial charge is 0.408 e. The summed E-state index contributed by atoms with van der Waals surface area (Å²) in [6.45, 7) is 2.72. The Morgan fingerprint density at radius 1 is 1.19 bits per heavy atom. The Morgan fingerprint density at radius 3 is 2.71 bits per heavy atom. The summed E-state index contributed by atoms with van der Waals surface area (Å²) in [4.78, 5) is 26.4. The van der Waals surface area contributed by atoms with Gasteiger partial charge in [0, 0.05) is 22.3 Å². The molecule has 1 aliphatic heterocycles. The van der Waals surface area contributed by atoms with Gasteiger partial charge in [-0.2, -0.15) is 0 Å². The van der Waals surface area contributed by atoms with Crippen LogP contribution in [0, 0.1) is 0 Å². The third-order valence-corrected chi connectivity index (χ3v) is 6.05. The highest BCUT2D eigenvalue weighted by Gasteiger charge is 2.32. The van der Waals surface area contributed by atoms with Crippen molar-refractivity contribution in [3.63, 3.8) is 0 Å². The van der Waals surface area contributed by atoms with Gasteiger partial charge in [0.1, 0.15) is 12.7 Å². The van der Waals surface area contributed by atoms with Crippen LogP contribution in [0.4, 0.5) is 4.79 Å². The fourth-order valence-corrected chi connectivity index (χ4v) is 4.39. The van der Waals surface area contributed by atoms with Crippen LogP contribution in [0.1, 0.15) is 34.8 Å². The molecule has 2 heterocycles. The topological polar surface area (TPSA) is 96.9 Å². The van der Waals surface area contributed by atoms with E-state index in [0.717, 1.165) is 29.8 Å². The second-order valence-corrected chi connectivity index (χ2v) is 8.40. The van der Waals surface area contributed by atoms with Gasteiger partial charge in [0.25, 0.3) is 0 Å². The van der Waals surface area contributed by atoms with E-state index >= 15 is 0 Å². The van der Waals surface area contributed by atoms with Gasteiger partial charge in [-0.25, -0.2) is 9.59 Å². The van der Waals surface area contributed by atoms with Gasteiger partial charge < -0.3 is 25.2 Å². The Labute approximate surface area is 186 Å². The number of ether oxygens (including phenoxy) is 2. The van der Waals surface area contributed by atoms with E-state index in [1.807, 2.05) is 36.4 Å². The lowest BCUT2D eigenvalue weighted by Crippen LogP contribution is -2.46. The Balaban J connectivity index is 1.62. The first kappa shape index (κ1) is 23.0. The molecule has 1 aliphatic rings. The number of carbonyl (C=O) groups excluding carboxylic acids is 2. The minimum Gasteiger partial charge on any atom is -0.464 e. The molecule has 8 heteroatoms. The molecule has 1 aromatic heterocycles. The zero-order valence-electron chi connectivity index (χ0n) is 17.5. The quantitative estimate of drug-likeness (QED) is 0.406. The lowest BCUT2D eigenvalue weighted by molar-refractivity contribution is -0.148. The summed E-state index contributed by atoms with van der Waals surface area (Å²) >= 11 is 1.42. The highest BCUT2D eigenvalue weighted by atomic mass is 32.1. The van der Waals surface area contributed by atoms with Crippen LogP contribution in [0.15, 0.2) is 54.6 Å². The predicted molar refractivity (Wildman–Crippen MR) is 119 cm³/mol. The molecule has 0 radical (unpaired) electrons. The van der Waals surface area contributed by atoms with E-state index < -0.39 is 24.2 Å². The molecule has 1 aromatic carbocycles. The first-order chi connectivity index (χ1) is 15.1. The van der Waals surface area contributed by atoms with Crippen molar-refractivity contribution in [1.82, 2.24) is 10.6 Å². The van der Waals surface area contributed by atoms with E-state index in [2.05, 4.69) is 22.8 Å². The fourth-order valence-electron chi connectivity index (χ4n) is 3.28. The minimum absolute atomic E-state index is 0.0598. The van der Waals surface area contributed by atoms with Crippen molar-refractivity contribution in [3.8, 4) is 0 Å². The van der Waals surface area contributed by atoms with Gasteiger partial charge >= 0.3 is 12.1 Å². The number of benzene rings is 1. The van der Waals surface area contributed by atoms with Gasteiger partial charge in [0.15, 0.2) is 6.04 Å². The third-order valence-electron chi connectivity index (χ3n) is 4.88. The van der Waals surface area contributed by atoms with Crippen molar-refractivity contribution in [2.75, 3.05) is 13.2 Å². The van der Waals surface area contributed by atoms with Crippen molar-refractivity contribution in [1.29, 1.82) is 0 Å².